The maximum absolute atomic E-state index is 8.81. The van der Waals surface area contributed by atoms with Crippen LogP contribution in [0.15, 0.2) is 47.4 Å². The molecule has 0 saturated heterocycles. The van der Waals surface area contributed by atoms with Gasteiger partial charge in [-0.2, -0.15) is 5.26 Å². The summed E-state index contributed by atoms with van der Waals surface area (Å²) in [6, 6.07) is 15.2. The zero-order valence-electron chi connectivity index (χ0n) is 8.51. The van der Waals surface area contributed by atoms with E-state index in [1.54, 1.807) is 6.07 Å². The van der Waals surface area contributed by atoms with Gasteiger partial charge in [0, 0.05) is 10.6 Å². The van der Waals surface area contributed by atoms with Gasteiger partial charge < -0.3 is 5.73 Å². The quantitative estimate of drug-likeness (QED) is 0.580. The Morgan fingerprint density at radius 2 is 1.81 bits per heavy atom. The minimum atomic E-state index is 0.580. The number of anilines is 1. The number of nitriles is 1. The lowest BCUT2D eigenvalue weighted by Gasteiger charge is -2.04. The van der Waals surface area contributed by atoms with Crippen LogP contribution in [0.1, 0.15) is 5.56 Å². The molecule has 3 heteroatoms. The third kappa shape index (κ3) is 2.02. The highest BCUT2D eigenvalue weighted by Gasteiger charge is 2.02. The fraction of sp³-hybridized carbons (Fsp3) is 0. The molecule has 0 aliphatic carbocycles. The van der Waals surface area contributed by atoms with Gasteiger partial charge in [-0.25, -0.2) is 0 Å². The largest absolute Gasteiger partial charge is 0.399 e. The minimum Gasteiger partial charge on any atom is -0.399 e. The van der Waals surface area contributed by atoms with Gasteiger partial charge in [0.25, 0.3) is 0 Å². The van der Waals surface area contributed by atoms with Crippen LogP contribution in [0, 0.1) is 11.3 Å². The molecule has 2 rings (SSSR count). The second-order valence-corrected chi connectivity index (χ2v) is 3.95. The van der Waals surface area contributed by atoms with Crippen molar-refractivity contribution in [3.8, 4) is 17.2 Å². The molecule has 2 aromatic rings. The van der Waals surface area contributed by atoms with Crippen molar-refractivity contribution in [3.63, 3.8) is 0 Å². The van der Waals surface area contributed by atoms with E-state index in [0.717, 1.165) is 16.8 Å². The number of hydrogen-bond acceptors (Lipinski definition) is 3. The van der Waals surface area contributed by atoms with Crippen molar-refractivity contribution in [1.29, 1.82) is 5.26 Å². The Morgan fingerprint density at radius 1 is 1.06 bits per heavy atom. The van der Waals surface area contributed by atoms with Gasteiger partial charge in [0.05, 0.1) is 5.56 Å². The topological polar surface area (TPSA) is 49.8 Å². The van der Waals surface area contributed by atoms with Crippen LogP contribution >= 0.6 is 12.6 Å². The molecule has 16 heavy (non-hydrogen) atoms. The molecule has 0 heterocycles. The molecule has 0 radical (unpaired) electrons. The van der Waals surface area contributed by atoms with Crippen molar-refractivity contribution in [2.24, 2.45) is 0 Å². The Kier molecular flexibility index (Phi) is 2.84. The van der Waals surface area contributed by atoms with Gasteiger partial charge in [0.1, 0.15) is 6.07 Å². The lowest BCUT2D eigenvalue weighted by Crippen LogP contribution is -1.86. The highest BCUT2D eigenvalue weighted by atomic mass is 32.1. The molecule has 0 bridgehead atoms. The predicted octanol–water partition coefficient (Wildman–Crippen LogP) is 3.10. The first-order valence-electron chi connectivity index (χ1n) is 4.80. The van der Waals surface area contributed by atoms with Crippen LogP contribution in [0.5, 0.6) is 0 Å². The molecule has 0 aliphatic heterocycles. The van der Waals surface area contributed by atoms with E-state index in [2.05, 4.69) is 18.7 Å². The molecule has 2 nitrogen and oxygen atoms in total. The molecule has 0 amide bonds. The Morgan fingerprint density at radius 3 is 2.44 bits per heavy atom. The summed E-state index contributed by atoms with van der Waals surface area (Å²) in [4.78, 5) is 0.683. The Labute approximate surface area is 99.7 Å². The van der Waals surface area contributed by atoms with E-state index in [4.69, 9.17) is 11.0 Å². The van der Waals surface area contributed by atoms with Gasteiger partial charge in [-0.3, -0.25) is 0 Å². The van der Waals surface area contributed by atoms with E-state index < -0.39 is 0 Å². The normalized spacial score (nSPS) is 9.75. The first-order valence-corrected chi connectivity index (χ1v) is 5.24. The average molecular weight is 226 g/mol. The third-order valence-electron chi connectivity index (χ3n) is 2.34. The molecule has 0 atom stereocenters. The first kappa shape index (κ1) is 10.6. The van der Waals surface area contributed by atoms with Crippen molar-refractivity contribution in [1.82, 2.24) is 0 Å². The second kappa shape index (κ2) is 4.30. The number of benzene rings is 2. The molecule has 0 saturated carbocycles. The number of thiol groups is 1. The Balaban J connectivity index is 2.50. The maximum Gasteiger partial charge on any atom is 0.100 e. The minimum absolute atomic E-state index is 0.580. The van der Waals surface area contributed by atoms with Crippen LogP contribution in [-0.4, -0.2) is 0 Å². The summed E-state index contributed by atoms with van der Waals surface area (Å²) < 4.78 is 0. The van der Waals surface area contributed by atoms with Gasteiger partial charge in [0.15, 0.2) is 0 Å². The van der Waals surface area contributed by atoms with E-state index in [1.807, 2.05) is 36.4 Å². The third-order valence-corrected chi connectivity index (χ3v) is 2.71. The van der Waals surface area contributed by atoms with Crippen molar-refractivity contribution >= 4 is 18.3 Å². The molecule has 0 aromatic heterocycles. The van der Waals surface area contributed by atoms with Crippen LogP contribution in [0.25, 0.3) is 11.1 Å². The molecule has 78 valence electrons. The monoisotopic (exact) mass is 226 g/mol. The van der Waals surface area contributed by atoms with Crippen molar-refractivity contribution in [2.75, 3.05) is 5.73 Å². The van der Waals surface area contributed by atoms with E-state index >= 15 is 0 Å². The number of nitrogens with two attached hydrogens (primary N) is 1. The molecule has 2 N–H and O–H groups in total. The molecular formula is C13H10N2S. The lowest BCUT2D eigenvalue weighted by molar-refractivity contribution is 1.38. The fourth-order valence-corrected chi connectivity index (χ4v) is 1.79. The summed E-state index contributed by atoms with van der Waals surface area (Å²) >= 11 is 4.27. The van der Waals surface area contributed by atoms with Gasteiger partial charge >= 0.3 is 0 Å². The van der Waals surface area contributed by atoms with Crippen LogP contribution < -0.4 is 5.73 Å². The number of rotatable bonds is 1. The van der Waals surface area contributed by atoms with E-state index in [9.17, 15) is 0 Å². The SMILES string of the molecule is N#Cc1ccc(-c2cccc(N)c2)cc1S. The Hall–Kier alpha value is -1.92. The lowest BCUT2D eigenvalue weighted by atomic mass is 10.0. The van der Waals surface area contributed by atoms with E-state index in [1.165, 1.54) is 0 Å². The van der Waals surface area contributed by atoms with Crippen molar-refractivity contribution in [2.45, 2.75) is 4.90 Å². The molecule has 0 aliphatic rings. The fourth-order valence-electron chi connectivity index (χ4n) is 1.52. The van der Waals surface area contributed by atoms with Crippen LogP contribution in [0.4, 0.5) is 5.69 Å². The maximum atomic E-state index is 8.81. The average Bonchev–Trinajstić information content (AvgIpc) is 2.29. The smallest absolute Gasteiger partial charge is 0.100 e. The van der Waals surface area contributed by atoms with Gasteiger partial charge in [-0.15, -0.1) is 12.6 Å². The van der Waals surface area contributed by atoms with Crippen LogP contribution in [-0.2, 0) is 0 Å². The Bertz CT molecular complexity index is 570. The predicted molar refractivity (Wildman–Crippen MR) is 68.3 cm³/mol. The number of hydrogen-bond donors (Lipinski definition) is 2. The molecule has 2 aromatic carbocycles. The number of nitrogens with zero attached hydrogens (tertiary/aromatic N) is 1. The first-order chi connectivity index (χ1) is 7.70. The highest BCUT2D eigenvalue weighted by Crippen LogP contribution is 2.25. The standard InChI is InChI=1S/C13H10N2S/c14-8-11-5-4-10(7-13(11)16)9-2-1-3-12(15)6-9/h1-7,16H,15H2. The highest BCUT2D eigenvalue weighted by molar-refractivity contribution is 7.80. The van der Waals surface area contributed by atoms with Gasteiger partial charge in [0.2, 0.25) is 0 Å². The zero-order valence-corrected chi connectivity index (χ0v) is 9.41. The van der Waals surface area contributed by atoms with Gasteiger partial charge in [-0.1, -0.05) is 18.2 Å². The summed E-state index contributed by atoms with van der Waals surface area (Å²) in [5.74, 6) is 0. The summed E-state index contributed by atoms with van der Waals surface area (Å²) in [5, 5.41) is 8.81. The summed E-state index contributed by atoms with van der Waals surface area (Å²) in [7, 11) is 0. The summed E-state index contributed by atoms with van der Waals surface area (Å²) in [5.41, 5.74) is 9.06. The van der Waals surface area contributed by atoms with Gasteiger partial charge in [-0.05, 0) is 35.4 Å². The van der Waals surface area contributed by atoms with Crippen LogP contribution in [0.3, 0.4) is 0 Å². The molecule has 0 unspecified atom stereocenters. The number of nitrogen functional groups attached to an aromatic ring is 1. The van der Waals surface area contributed by atoms with E-state index in [0.29, 0.717) is 10.5 Å². The van der Waals surface area contributed by atoms with E-state index in [-0.39, 0.29) is 0 Å². The summed E-state index contributed by atoms with van der Waals surface area (Å²) in [6.07, 6.45) is 0. The second-order valence-electron chi connectivity index (χ2n) is 3.47. The molecular weight excluding hydrogens is 216 g/mol. The molecule has 0 spiro atoms. The van der Waals surface area contributed by atoms with Crippen LogP contribution in [0.2, 0.25) is 0 Å². The van der Waals surface area contributed by atoms with Crippen molar-refractivity contribution in [3.05, 3.63) is 48.0 Å². The summed E-state index contributed by atoms with van der Waals surface area (Å²) in [6.45, 7) is 0. The zero-order chi connectivity index (χ0) is 11.5. The van der Waals surface area contributed by atoms with Crippen molar-refractivity contribution < 1.29 is 0 Å². The molecule has 0 fully saturated rings.